The van der Waals surface area contributed by atoms with Crippen LogP contribution in [0.4, 0.5) is 0 Å². The summed E-state index contributed by atoms with van der Waals surface area (Å²) in [5.41, 5.74) is 8.72. The highest BCUT2D eigenvalue weighted by Crippen LogP contribution is 2.29. The van der Waals surface area contributed by atoms with Gasteiger partial charge in [-0.05, 0) is 50.5 Å². The molecule has 0 aliphatic heterocycles. The van der Waals surface area contributed by atoms with Crippen LogP contribution in [-0.4, -0.2) is 17.1 Å². The van der Waals surface area contributed by atoms with Gasteiger partial charge >= 0.3 is 5.97 Å². The molecule has 0 amide bonds. The summed E-state index contributed by atoms with van der Waals surface area (Å²) < 4.78 is 0. The molecule has 0 atom stereocenters. The third-order valence-electron chi connectivity index (χ3n) is 3.13. The summed E-state index contributed by atoms with van der Waals surface area (Å²) in [6, 6.07) is 0.144. The van der Waals surface area contributed by atoms with Crippen molar-refractivity contribution < 1.29 is 9.90 Å². The highest BCUT2D eigenvalue weighted by atomic mass is 16.4. The first kappa shape index (κ1) is 12.6. The van der Waals surface area contributed by atoms with Gasteiger partial charge in [0.25, 0.3) is 0 Å². The number of hydrogen-bond acceptors (Lipinski definition) is 2. The molecule has 5 heteroatoms. The molecule has 0 aromatic rings. The molecule has 1 fully saturated rings. The Morgan fingerprint density at radius 2 is 2.12 bits per heavy atom. The normalized spacial score (nSPS) is 25.9. The van der Waals surface area contributed by atoms with Gasteiger partial charge in [0, 0.05) is 16.5 Å². The Labute approximate surface area is 94.8 Å². The van der Waals surface area contributed by atoms with E-state index in [-0.39, 0.29) is 6.04 Å². The van der Waals surface area contributed by atoms with Crippen LogP contribution in [0.2, 0.25) is 0 Å². The van der Waals surface area contributed by atoms with Crippen LogP contribution in [0.5, 0.6) is 0 Å². The minimum Gasteiger partial charge on any atom is -0.478 e. The van der Waals surface area contributed by atoms with E-state index in [2.05, 4.69) is 10.0 Å². The van der Waals surface area contributed by atoms with Crippen molar-refractivity contribution in [3.8, 4) is 0 Å². The molecule has 88 valence electrons. The average molecular weight is 223 g/mol. The summed E-state index contributed by atoms with van der Waals surface area (Å²) in [5.74, 6) is -0.304. The maximum absolute atomic E-state index is 10.6. The standard InChI is InChI=1S/C11H17N3O2/c1-8(11(15)16)2-3-9-4-6-10(7-5-9)13-14-12/h2,9-10H,3-7H2,1H3,(H,15,16). The van der Waals surface area contributed by atoms with E-state index in [4.69, 9.17) is 10.6 Å². The number of allylic oxidation sites excluding steroid dienone is 1. The molecule has 1 rings (SSSR count). The number of nitrogens with zero attached hydrogens (tertiary/aromatic N) is 3. The molecule has 1 saturated carbocycles. The van der Waals surface area contributed by atoms with Crippen LogP contribution in [0.15, 0.2) is 16.8 Å². The second-order valence-electron chi connectivity index (χ2n) is 4.31. The maximum atomic E-state index is 10.6. The first-order chi connectivity index (χ1) is 7.63. The Kier molecular flexibility index (Phi) is 4.86. The van der Waals surface area contributed by atoms with Crippen molar-refractivity contribution in [3.05, 3.63) is 22.1 Å². The highest BCUT2D eigenvalue weighted by Gasteiger charge is 2.19. The van der Waals surface area contributed by atoms with Gasteiger partial charge in [-0.2, -0.15) is 0 Å². The van der Waals surface area contributed by atoms with Crippen LogP contribution >= 0.6 is 0 Å². The molecule has 0 unspecified atom stereocenters. The van der Waals surface area contributed by atoms with E-state index in [1.54, 1.807) is 13.0 Å². The summed E-state index contributed by atoms with van der Waals surface area (Å²) in [6.45, 7) is 1.62. The Morgan fingerprint density at radius 3 is 2.62 bits per heavy atom. The largest absolute Gasteiger partial charge is 0.478 e. The van der Waals surface area contributed by atoms with Gasteiger partial charge in [-0.25, -0.2) is 4.79 Å². The SMILES string of the molecule is CC(=CCC1CCC(N=[N+]=[N-])CC1)C(=O)O. The van der Waals surface area contributed by atoms with E-state index < -0.39 is 5.97 Å². The van der Waals surface area contributed by atoms with Crippen molar-refractivity contribution in [2.75, 3.05) is 0 Å². The molecule has 0 aromatic heterocycles. The first-order valence-electron chi connectivity index (χ1n) is 5.57. The lowest BCUT2D eigenvalue weighted by atomic mass is 9.84. The molecule has 1 N–H and O–H groups in total. The fourth-order valence-corrected chi connectivity index (χ4v) is 2.00. The van der Waals surface area contributed by atoms with Gasteiger partial charge in [0.2, 0.25) is 0 Å². The Morgan fingerprint density at radius 1 is 1.50 bits per heavy atom. The highest BCUT2D eigenvalue weighted by molar-refractivity contribution is 5.85. The number of carbonyl (C=O) groups is 1. The Hall–Kier alpha value is -1.48. The van der Waals surface area contributed by atoms with Crippen LogP contribution < -0.4 is 0 Å². The number of rotatable bonds is 4. The van der Waals surface area contributed by atoms with Gasteiger partial charge in [0.1, 0.15) is 0 Å². The molecule has 5 nitrogen and oxygen atoms in total. The fourth-order valence-electron chi connectivity index (χ4n) is 2.00. The van der Waals surface area contributed by atoms with Gasteiger partial charge in [0.05, 0.1) is 0 Å². The molecule has 16 heavy (non-hydrogen) atoms. The van der Waals surface area contributed by atoms with Crippen LogP contribution in [0.25, 0.3) is 10.4 Å². The Bertz CT molecular complexity index is 324. The lowest BCUT2D eigenvalue weighted by Gasteiger charge is -2.24. The molecule has 0 heterocycles. The summed E-state index contributed by atoms with van der Waals surface area (Å²) >= 11 is 0. The van der Waals surface area contributed by atoms with E-state index in [0.29, 0.717) is 11.5 Å². The predicted octanol–water partition coefficient (Wildman–Crippen LogP) is 3.28. The third-order valence-corrected chi connectivity index (χ3v) is 3.13. The van der Waals surface area contributed by atoms with E-state index in [1.807, 2.05) is 0 Å². The summed E-state index contributed by atoms with van der Waals surface area (Å²) in [4.78, 5) is 13.4. The lowest BCUT2D eigenvalue weighted by Crippen LogP contribution is -2.16. The minimum atomic E-state index is -0.845. The number of carboxylic acids is 1. The zero-order valence-corrected chi connectivity index (χ0v) is 9.46. The summed E-state index contributed by atoms with van der Waals surface area (Å²) in [7, 11) is 0. The van der Waals surface area contributed by atoms with Gasteiger partial charge in [0.15, 0.2) is 0 Å². The molecular formula is C11H17N3O2. The van der Waals surface area contributed by atoms with E-state index in [9.17, 15) is 4.79 Å². The van der Waals surface area contributed by atoms with Crippen molar-refractivity contribution in [3.63, 3.8) is 0 Å². The third kappa shape index (κ3) is 3.95. The molecule has 0 aromatic carbocycles. The quantitative estimate of drug-likeness (QED) is 0.343. The average Bonchev–Trinajstić information content (AvgIpc) is 2.28. The van der Waals surface area contributed by atoms with Crippen molar-refractivity contribution in [1.29, 1.82) is 0 Å². The van der Waals surface area contributed by atoms with Crippen molar-refractivity contribution in [1.82, 2.24) is 0 Å². The fraction of sp³-hybridized carbons (Fsp3) is 0.727. The molecular weight excluding hydrogens is 206 g/mol. The topological polar surface area (TPSA) is 86.1 Å². The van der Waals surface area contributed by atoms with Gasteiger partial charge in [-0.1, -0.05) is 11.2 Å². The van der Waals surface area contributed by atoms with E-state index in [0.717, 1.165) is 32.1 Å². The van der Waals surface area contributed by atoms with Crippen molar-refractivity contribution in [2.45, 2.75) is 45.1 Å². The molecule has 0 bridgehead atoms. The monoisotopic (exact) mass is 223 g/mol. The molecule has 0 radical (unpaired) electrons. The van der Waals surface area contributed by atoms with Gasteiger partial charge in [-0.3, -0.25) is 0 Å². The van der Waals surface area contributed by atoms with Crippen LogP contribution in [0.1, 0.15) is 39.0 Å². The molecule has 0 spiro atoms. The molecule has 0 saturated heterocycles. The van der Waals surface area contributed by atoms with E-state index >= 15 is 0 Å². The van der Waals surface area contributed by atoms with Crippen LogP contribution in [0.3, 0.4) is 0 Å². The van der Waals surface area contributed by atoms with Gasteiger partial charge in [-0.15, -0.1) is 0 Å². The zero-order valence-electron chi connectivity index (χ0n) is 9.46. The van der Waals surface area contributed by atoms with Gasteiger partial charge < -0.3 is 5.11 Å². The number of carboxylic acid groups (broad SMARTS) is 1. The Balaban J connectivity index is 2.35. The number of aliphatic carboxylic acids is 1. The van der Waals surface area contributed by atoms with Crippen LogP contribution in [-0.2, 0) is 4.79 Å². The predicted molar refractivity (Wildman–Crippen MR) is 60.9 cm³/mol. The first-order valence-corrected chi connectivity index (χ1v) is 5.57. The molecule has 1 aliphatic rings. The number of hydrogen-bond donors (Lipinski definition) is 1. The summed E-state index contributed by atoms with van der Waals surface area (Å²) in [6.07, 6.45) is 6.51. The maximum Gasteiger partial charge on any atom is 0.330 e. The van der Waals surface area contributed by atoms with E-state index in [1.165, 1.54) is 0 Å². The van der Waals surface area contributed by atoms with Crippen LogP contribution in [0, 0.1) is 5.92 Å². The number of azide groups is 1. The smallest absolute Gasteiger partial charge is 0.330 e. The second kappa shape index (κ2) is 6.18. The van der Waals surface area contributed by atoms with Crippen molar-refractivity contribution >= 4 is 5.97 Å². The second-order valence-corrected chi connectivity index (χ2v) is 4.31. The van der Waals surface area contributed by atoms with Crippen molar-refractivity contribution in [2.24, 2.45) is 11.0 Å². The lowest BCUT2D eigenvalue weighted by molar-refractivity contribution is -0.132. The summed E-state index contributed by atoms with van der Waals surface area (Å²) in [5, 5.41) is 12.4. The molecule has 1 aliphatic carbocycles. The minimum absolute atomic E-state index is 0.144. The zero-order chi connectivity index (χ0) is 12.0.